The third-order valence-corrected chi connectivity index (χ3v) is 3.71. The Kier molecular flexibility index (Phi) is 3.79. The highest BCUT2D eigenvalue weighted by Gasteiger charge is 2.31. The summed E-state index contributed by atoms with van der Waals surface area (Å²) in [5, 5.41) is 9.39. The van der Waals surface area contributed by atoms with Crippen molar-refractivity contribution in [2.45, 2.75) is 38.1 Å². The number of carbonyl (C=O) groups is 1. The molecule has 1 atom stereocenters. The molecule has 3 heteroatoms. The van der Waals surface area contributed by atoms with E-state index >= 15 is 0 Å². The summed E-state index contributed by atoms with van der Waals surface area (Å²) in [4.78, 5) is 11.4. The zero-order chi connectivity index (χ0) is 12.3. The number of nitrogens with two attached hydrogens (primary N) is 1. The normalized spacial score (nSPS) is 18.2. The molecular weight excluding hydrogens is 214 g/mol. The maximum absolute atomic E-state index is 11.4. The van der Waals surface area contributed by atoms with Crippen LogP contribution in [0.5, 0.6) is 0 Å². The van der Waals surface area contributed by atoms with E-state index in [-0.39, 0.29) is 5.92 Å². The predicted octanol–water partition coefficient (Wildman–Crippen LogP) is 2.50. The van der Waals surface area contributed by atoms with Crippen molar-refractivity contribution in [3.63, 3.8) is 0 Å². The van der Waals surface area contributed by atoms with E-state index in [1.165, 1.54) is 0 Å². The van der Waals surface area contributed by atoms with Gasteiger partial charge in [0, 0.05) is 6.54 Å². The SMILES string of the molecule is NCc1ccc([C@@H](C(=O)O)C2CCCC2)cc1. The molecule has 0 spiro atoms. The van der Waals surface area contributed by atoms with Crippen molar-refractivity contribution in [2.75, 3.05) is 0 Å². The second kappa shape index (κ2) is 5.32. The van der Waals surface area contributed by atoms with E-state index in [0.29, 0.717) is 12.5 Å². The fourth-order valence-electron chi connectivity index (χ4n) is 2.77. The Morgan fingerprint density at radius 1 is 1.29 bits per heavy atom. The zero-order valence-corrected chi connectivity index (χ0v) is 9.93. The van der Waals surface area contributed by atoms with Gasteiger partial charge in [0.25, 0.3) is 0 Å². The van der Waals surface area contributed by atoms with Gasteiger partial charge < -0.3 is 10.8 Å². The van der Waals surface area contributed by atoms with Crippen LogP contribution in [0.15, 0.2) is 24.3 Å². The molecule has 0 unspecified atom stereocenters. The number of carboxylic acid groups (broad SMARTS) is 1. The van der Waals surface area contributed by atoms with Crippen molar-refractivity contribution in [2.24, 2.45) is 11.7 Å². The van der Waals surface area contributed by atoms with Crippen LogP contribution in [-0.2, 0) is 11.3 Å². The van der Waals surface area contributed by atoms with E-state index in [0.717, 1.165) is 36.8 Å². The smallest absolute Gasteiger partial charge is 0.311 e. The Balaban J connectivity index is 2.22. The number of benzene rings is 1. The van der Waals surface area contributed by atoms with Crippen LogP contribution in [0.1, 0.15) is 42.7 Å². The monoisotopic (exact) mass is 233 g/mol. The largest absolute Gasteiger partial charge is 0.481 e. The minimum absolute atomic E-state index is 0.302. The third kappa shape index (κ3) is 2.67. The molecule has 1 saturated carbocycles. The Hall–Kier alpha value is -1.35. The number of hydrogen-bond acceptors (Lipinski definition) is 2. The average Bonchev–Trinajstić information content (AvgIpc) is 2.83. The molecule has 0 amide bonds. The summed E-state index contributed by atoms with van der Waals surface area (Å²) < 4.78 is 0. The summed E-state index contributed by atoms with van der Waals surface area (Å²) in [7, 11) is 0. The molecule has 0 heterocycles. The van der Waals surface area contributed by atoms with Crippen molar-refractivity contribution in [1.29, 1.82) is 0 Å². The summed E-state index contributed by atoms with van der Waals surface area (Å²) >= 11 is 0. The molecular formula is C14H19NO2. The van der Waals surface area contributed by atoms with Gasteiger partial charge in [-0.1, -0.05) is 37.1 Å². The minimum atomic E-state index is -0.697. The van der Waals surface area contributed by atoms with Crippen molar-refractivity contribution in [3.8, 4) is 0 Å². The molecule has 0 aliphatic heterocycles. The molecule has 3 nitrogen and oxygen atoms in total. The first-order valence-corrected chi connectivity index (χ1v) is 6.24. The second-order valence-corrected chi connectivity index (χ2v) is 4.81. The highest BCUT2D eigenvalue weighted by atomic mass is 16.4. The molecule has 1 aliphatic rings. The van der Waals surface area contributed by atoms with E-state index in [1.54, 1.807) is 0 Å². The molecule has 0 bridgehead atoms. The van der Waals surface area contributed by atoms with Crippen molar-refractivity contribution < 1.29 is 9.90 Å². The van der Waals surface area contributed by atoms with Crippen molar-refractivity contribution >= 4 is 5.97 Å². The fraction of sp³-hybridized carbons (Fsp3) is 0.500. The van der Waals surface area contributed by atoms with Crippen LogP contribution in [0, 0.1) is 5.92 Å². The molecule has 0 aromatic heterocycles. The van der Waals surface area contributed by atoms with E-state index < -0.39 is 5.97 Å². The number of aliphatic carboxylic acids is 1. The van der Waals surface area contributed by atoms with Gasteiger partial charge in [-0.25, -0.2) is 0 Å². The molecule has 1 aromatic rings. The number of rotatable bonds is 4. The lowest BCUT2D eigenvalue weighted by atomic mass is 9.84. The Morgan fingerprint density at radius 3 is 2.35 bits per heavy atom. The third-order valence-electron chi connectivity index (χ3n) is 3.71. The lowest BCUT2D eigenvalue weighted by Gasteiger charge is -2.19. The van der Waals surface area contributed by atoms with Crippen molar-refractivity contribution in [1.82, 2.24) is 0 Å². The average molecular weight is 233 g/mol. The number of hydrogen-bond donors (Lipinski definition) is 2. The maximum atomic E-state index is 11.4. The topological polar surface area (TPSA) is 63.3 Å². The molecule has 2 rings (SSSR count). The highest BCUT2D eigenvalue weighted by Crippen LogP contribution is 2.37. The zero-order valence-electron chi connectivity index (χ0n) is 9.93. The highest BCUT2D eigenvalue weighted by molar-refractivity contribution is 5.76. The lowest BCUT2D eigenvalue weighted by Crippen LogP contribution is -2.19. The molecule has 0 radical (unpaired) electrons. The van der Waals surface area contributed by atoms with Crippen LogP contribution in [0.2, 0.25) is 0 Å². The standard InChI is InChI=1S/C14H19NO2/c15-9-10-5-7-12(8-6-10)13(14(16)17)11-3-1-2-4-11/h5-8,11,13H,1-4,9,15H2,(H,16,17)/t13-/m0/s1. The molecule has 1 aliphatic carbocycles. The van der Waals surface area contributed by atoms with E-state index in [9.17, 15) is 9.90 Å². The quantitative estimate of drug-likeness (QED) is 0.839. The molecule has 1 fully saturated rings. The van der Waals surface area contributed by atoms with Gasteiger partial charge in [-0.2, -0.15) is 0 Å². The predicted molar refractivity (Wildman–Crippen MR) is 66.7 cm³/mol. The maximum Gasteiger partial charge on any atom is 0.311 e. The summed E-state index contributed by atoms with van der Waals surface area (Å²) in [6, 6.07) is 7.69. The van der Waals surface area contributed by atoms with Gasteiger partial charge in [-0.15, -0.1) is 0 Å². The number of carboxylic acids is 1. The fourth-order valence-corrected chi connectivity index (χ4v) is 2.77. The van der Waals surface area contributed by atoms with Crippen molar-refractivity contribution in [3.05, 3.63) is 35.4 Å². The van der Waals surface area contributed by atoms with E-state index in [2.05, 4.69) is 0 Å². The van der Waals surface area contributed by atoms with E-state index in [1.807, 2.05) is 24.3 Å². The minimum Gasteiger partial charge on any atom is -0.481 e. The van der Waals surface area contributed by atoms with Gasteiger partial charge >= 0.3 is 5.97 Å². The Bertz CT molecular complexity index is 380. The van der Waals surface area contributed by atoms with Gasteiger partial charge in [0.05, 0.1) is 5.92 Å². The van der Waals surface area contributed by atoms with Crippen LogP contribution >= 0.6 is 0 Å². The van der Waals surface area contributed by atoms with E-state index in [4.69, 9.17) is 5.73 Å². The first-order valence-electron chi connectivity index (χ1n) is 6.24. The molecule has 1 aromatic carbocycles. The summed E-state index contributed by atoms with van der Waals surface area (Å²) in [5.74, 6) is -0.738. The molecule has 17 heavy (non-hydrogen) atoms. The van der Waals surface area contributed by atoms with Gasteiger partial charge in [0.2, 0.25) is 0 Å². The summed E-state index contributed by atoms with van der Waals surface area (Å²) in [5.41, 5.74) is 7.51. The summed E-state index contributed by atoms with van der Waals surface area (Å²) in [6.07, 6.45) is 4.40. The molecule has 3 N–H and O–H groups in total. The van der Waals surface area contributed by atoms with Gasteiger partial charge in [-0.05, 0) is 29.9 Å². The second-order valence-electron chi connectivity index (χ2n) is 4.81. The lowest BCUT2D eigenvalue weighted by molar-refractivity contribution is -0.140. The Labute approximate surface area is 102 Å². The Morgan fingerprint density at radius 2 is 1.88 bits per heavy atom. The van der Waals surface area contributed by atoms with Crippen LogP contribution in [0.25, 0.3) is 0 Å². The van der Waals surface area contributed by atoms with Gasteiger partial charge in [-0.3, -0.25) is 4.79 Å². The van der Waals surface area contributed by atoms with Gasteiger partial charge in [0.1, 0.15) is 0 Å². The van der Waals surface area contributed by atoms with Crippen LogP contribution < -0.4 is 5.73 Å². The van der Waals surface area contributed by atoms with Crippen LogP contribution in [0.3, 0.4) is 0 Å². The van der Waals surface area contributed by atoms with Crippen LogP contribution in [0.4, 0.5) is 0 Å². The first kappa shape index (κ1) is 12.1. The summed E-state index contributed by atoms with van der Waals surface area (Å²) in [6.45, 7) is 0.501. The van der Waals surface area contributed by atoms with Crippen LogP contribution in [-0.4, -0.2) is 11.1 Å². The molecule has 92 valence electrons. The van der Waals surface area contributed by atoms with Gasteiger partial charge in [0.15, 0.2) is 0 Å². The molecule has 0 saturated heterocycles. The first-order chi connectivity index (χ1) is 8.22.